The number of nitrogens with zero attached hydrogens (tertiary/aromatic N) is 3. The molecule has 94 valence electrons. The van der Waals surface area contributed by atoms with Crippen molar-refractivity contribution in [3.8, 4) is 0 Å². The number of hydrogen-bond donors (Lipinski definition) is 0. The molecule has 1 aromatic carbocycles. The van der Waals surface area contributed by atoms with Crippen molar-refractivity contribution in [3.63, 3.8) is 0 Å². The number of thiocarbonyl (C=S) groups is 1. The highest BCUT2D eigenvalue weighted by Gasteiger charge is 2.28. The molecule has 19 heavy (non-hydrogen) atoms. The lowest BCUT2D eigenvalue weighted by molar-refractivity contribution is -0.121. The second-order valence-corrected chi connectivity index (χ2v) is 5.72. The third kappa shape index (κ3) is 2.24. The van der Waals surface area contributed by atoms with Crippen molar-refractivity contribution in [2.75, 3.05) is 7.05 Å². The van der Waals surface area contributed by atoms with E-state index in [2.05, 4.69) is 9.97 Å². The monoisotopic (exact) mass is 287 g/mol. The number of hydrogen-bond acceptors (Lipinski definition) is 5. The number of carbonyl (C=O) groups is 1. The van der Waals surface area contributed by atoms with Gasteiger partial charge in [0.15, 0.2) is 0 Å². The molecule has 2 heterocycles. The predicted molar refractivity (Wildman–Crippen MR) is 80.5 cm³/mol. The Kier molecular flexibility index (Phi) is 3.04. The molecule has 0 spiro atoms. The second-order valence-electron chi connectivity index (χ2n) is 4.05. The minimum Gasteiger partial charge on any atom is -0.296 e. The summed E-state index contributed by atoms with van der Waals surface area (Å²) in [4.78, 5) is 22.5. The molecular formula is C13H9N3OS2. The summed E-state index contributed by atoms with van der Waals surface area (Å²) in [5, 5.41) is 0. The Balaban J connectivity index is 2.02. The van der Waals surface area contributed by atoms with E-state index >= 15 is 0 Å². The maximum atomic E-state index is 11.9. The molecule has 1 aliphatic heterocycles. The van der Waals surface area contributed by atoms with Crippen LogP contribution in [-0.2, 0) is 4.79 Å². The van der Waals surface area contributed by atoms with Gasteiger partial charge in [0, 0.05) is 19.4 Å². The molecule has 1 aliphatic rings. The van der Waals surface area contributed by atoms with Gasteiger partial charge in [-0.2, -0.15) is 0 Å². The van der Waals surface area contributed by atoms with Gasteiger partial charge in [-0.3, -0.25) is 19.7 Å². The summed E-state index contributed by atoms with van der Waals surface area (Å²) in [5.41, 5.74) is 2.56. The Bertz CT molecular complexity index is 727. The minimum atomic E-state index is -0.0609. The van der Waals surface area contributed by atoms with Gasteiger partial charge in [-0.05, 0) is 23.8 Å². The summed E-state index contributed by atoms with van der Waals surface area (Å²) in [6, 6.07) is 5.71. The van der Waals surface area contributed by atoms with Gasteiger partial charge in [0.2, 0.25) is 0 Å². The smallest absolute Gasteiger partial charge is 0.265 e. The van der Waals surface area contributed by atoms with E-state index in [0.717, 1.165) is 16.6 Å². The highest BCUT2D eigenvalue weighted by Crippen LogP contribution is 2.31. The lowest BCUT2D eigenvalue weighted by atomic mass is 10.2. The average molecular weight is 287 g/mol. The number of amides is 1. The summed E-state index contributed by atoms with van der Waals surface area (Å²) in [5.74, 6) is -0.0609. The summed E-state index contributed by atoms with van der Waals surface area (Å²) in [7, 11) is 1.68. The van der Waals surface area contributed by atoms with Crippen molar-refractivity contribution < 1.29 is 4.79 Å². The third-order valence-electron chi connectivity index (χ3n) is 2.78. The number of fused-ring (bicyclic) bond motifs is 1. The molecule has 6 heteroatoms. The van der Waals surface area contributed by atoms with Crippen LogP contribution in [-0.4, -0.2) is 32.1 Å². The first-order valence-electron chi connectivity index (χ1n) is 5.57. The van der Waals surface area contributed by atoms with Crippen molar-refractivity contribution in [1.29, 1.82) is 0 Å². The van der Waals surface area contributed by atoms with Crippen LogP contribution in [0.1, 0.15) is 5.56 Å². The van der Waals surface area contributed by atoms with E-state index in [0.29, 0.717) is 9.23 Å². The van der Waals surface area contributed by atoms with Crippen molar-refractivity contribution in [3.05, 3.63) is 41.1 Å². The van der Waals surface area contributed by atoms with Crippen LogP contribution in [0.15, 0.2) is 35.5 Å². The van der Waals surface area contributed by atoms with Gasteiger partial charge in [0.25, 0.3) is 5.91 Å². The van der Waals surface area contributed by atoms with Crippen LogP contribution < -0.4 is 0 Å². The van der Waals surface area contributed by atoms with Gasteiger partial charge in [-0.1, -0.05) is 30.0 Å². The van der Waals surface area contributed by atoms with E-state index in [1.54, 1.807) is 19.4 Å². The van der Waals surface area contributed by atoms with Crippen molar-refractivity contribution >= 4 is 51.3 Å². The summed E-state index contributed by atoms with van der Waals surface area (Å²) in [6.45, 7) is 0. The molecule has 1 amide bonds. The molecule has 0 atom stereocenters. The van der Waals surface area contributed by atoms with Crippen LogP contribution in [0.2, 0.25) is 0 Å². The molecule has 0 N–H and O–H groups in total. The quantitative estimate of drug-likeness (QED) is 0.595. The van der Waals surface area contributed by atoms with E-state index in [1.165, 1.54) is 16.7 Å². The minimum absolute atomic E-state index is 0.0609. The van der Waals surface area contributed by atoms with Crippen LogP contribution >= 0.6 is 24.0 Å². The predicted octanol–water partition coefficient (Wildman–Crippen LogP) is 2.46. The fourth-order valence-electron chi connectivity index (χ4n) is 1.77. The molecule has 4 nitrogen and oxygen atoms in total. The van der Waals surface area contributed by atoms with Gasteiger partial charge < -0.3 is 0 Å². The molecule has 2 aromatic rings. The van der Waals surface area contributed by atoms with Crippen LogP contribution in [0.25, 0.3) is 17.1 Å². The van der Waals surface area contributed by atoms with Crippen molar-refractivity contribution in [2.24, 2.45) is 0 Å². The summed E-state index contributed by atoms with van der Waals surface area (Å²) in [6.07, 6.45) is 5.14. The Morgan fingerprint density at radius 3 is 2.68 bits per heavy atom. The molecule has 0 radical (unpaired) electrons. The summed E-state index contributed by atoms with van der Waals surface area (Å²) >= 11 is 6.41. The number of likely N-dealkylation sites (N-methyl/N-ethyl adjacent to an activating group) is 1. The zero-order valence-electron chi connectivity index (χ0n) is 10.0. The van der Waals surface area contributed by atoms with Crippen molar-refractivity contribution in [2.45, 2.75) is 0 Å². The largest absolute Gasteiger partial charge is 0.296 e. The highest BCUT2D eigenvalue weighted by molar-refractivity contribution is 8.26. The van der Waals surface area contributed by atoms with E-state index < -0.39 is 0 Å². The van der Waals surface area contributed by atoms with Crippen molar-refractivity contribution in [1.82, 2.24) is 14.9 Å². The maximum absolute atomic E-state index is 11.9. The van der Waals surface area contributed by atoms with Gasteiger partial charge in [-0.15, -0.1) is 0 Å². The van der Waals surface area contributed by atoms with E-state index in [-0.39, 0.29) is 5.91 Å². The molecule has 0 unspecified atom stereocenters. The standard InChI is InChI=1S/C13H9N3OS2/c1-16-12(17)11(19-13(16)18)7-8-2-3-9-10(6-8)15-5-4-14-9/h2-7H,1H3/b11-7+. The Hall–Kier alpha value is -1.79. The Labute approximate surface area is 119 Å². The van der Waals surface area contributed by atoms with Crippen LogP contribution in [0, 0.1) is 0 Å². The van der Waals surface area contributed by atoms with Crippen LogP contribution in [0.4, 0.5) is 0 Å². The number of rotatable bonds is 1. The van der Waals surface area contributed by atoms with Gasteiger partial charge >= 0.3 is 0 Å². The number of aromatic nitrogens is 2. The first-order chi connectivity index (χ1) is 9.15. The lowest BCUT2D eigenvalue weighted by Gasteiger charge is -2.03. The Morgan fingerprint density at radius 2 is 2.00 bits per heavy atom. The van der Waals surface area contributed by atoms with E-state index in [9.17, 15) is 4.79 Å². The first-order valence-corrected chi connectivity index (χ1v) is 6.80. The summed E-state index contributed by atoms with van der Waals surface area (Å²) < 4.78 is 0.580. The SMILES string of the molecule is CN1C(=O)/C(=C\c2ccc3nccnc3c2)SC1=S. The fourth-order valence-corrected chi connectivity index (χ4v) is 2.95. The second kappa shape index (κ2) is 4.71. The lowest BCUT2D eigenvalue weighted by Crippen LogP contribution is -2.22. The highest BCUT2D eigenvalue weighted by atomic mass is 32.2. The topological polar surface area (TPSA) is 46.1 Å². The first kappa shape index (κ1) is 12.3. The van der Waals surface area contributed by atoms with Crippen LogP contribution in [0.3, 0.4) is 0 Å². The van der Waals surface area contributed by atoms with Crippen LogP contribution in [0.5, 0.6) is 0 Å². The molecule has 1 saturated heterocycles. The number of carbonyl (C=O) groups excluding carboxylic acids is 1. The van der Waals surface area contributed by atoms with Gasteiger partial charge in [0.1, 0.15) is 4.32 Å². The van der Waals surface area contributed by atoms with Gasteiger partial charge in [-0.25, -0.2) is 0 Å². The molecule has 1 fully saturated rings. The molecule has 3 rings (SSSR count). The zero-order chi connectivity index (χ0) is 13.4. The molecular weight excluding hydrogens is 278 g/mol. The molecule has 0 bridgehead atoms. The van der Waals surface area contributed by atoms with Gasteiger partial charge in [0.05, 0.1) is 15.9 Å². The molecule has 0 aliphatic carbocycles. The number of benzene rings is 1. The zero-order valence-corrected chi connectivity index (χ0v) is 11.7. The van der Waals surface area contributed by atoms with E-state index in [1.807, 2.05) is 24.3 Å². The number of thioether (sulfide) groups is 1. The normalized spacial score (nSPS) is 17.7. The van der Waals surface area contributed by atoms with E-state index in [4.69, 9.17) is 12.2 Å². The molecule has 1 aromatic heterocycles. The average Bonchev–Trinajstić information content (AvgIpc) is 2.66. The maximum Gasteiger partial charge on any atom is 0.265 e. The third-order valence-corrected chi connectivity index (χ3v) is 4.26. The Morgan fingerprint density at radius 1 is 1.26 bits per heavy atom. The fraction of sp³-hybridized carbons (Fsp3) is 0.0769. The molecule has 0 saturated carbocycles.